The van der Waals surface area contributed by atoms with Gasteiger partial charge in [-0.3, -0.25) is 29.0 Å². The molecular formula is C40H66N2O4. The lowest BCUT2D eigenvalue weighted by molar-refractivity contribution is -0.138. The Kier molecular flexibility index (Phi) is 18.6. The summed E-state index contributed by atoms with van der Waals surface area (Å²) in [4.78, 5) is 49.8. The van der Waals surface area contributed by atoms with Crippen molar-refractivity contribution in [3.8, 4) is 0 Å². The van der Waals surface area contributed by atoms with Crippen molar-refractivity contribution in [3.05, 3.63) is 24.3 Å². The topological polar surface area (TPSA) is 74.8 Å². The standard InChI is InChI=1S/C40H66N2O4/c1-3-5-15-21-33-25-26-34(22-17-11-7-9-13-19-31-41-37(43)27-28-38(41)44)36(35(33)23-16-6-4-2)24-18-12-8-10-14-20-32-42-39(45)29-30-40(42)46/h27-30,33-36H,3-26,31-32H2,1-2H3. The summed E-state index contributed by atoms with van der Waals surface area (Å²) in [5.41, 5.74) is 0. The Balaban J connectivity index is 1.41. The molecule has 0 saturated heterocycles. The number of imide groups is 2. The molecule has 0 spiro atoms. The molecular weight excluding hydrogens is 572 g/mol. The number of hydrogen-bond donors (Lipinski definition) is 0. The molecule has 2 heterocycles. The van der Waals surface area contributed by atoms with Crippen LogP contribution < -0.4 is 0 Å². The Hall–Kier alpha value is -2.24. The van der Waals surface area contributed by atoms with Crippen molar-refractivity contribution in [2.24, 2.45) is 23.7 Å². The van der Waals surface area contributed by atoms with Crippen LogP contribution in [0.3, 0.4) is 0 Å². The van der Waals surface area contributed by atoms with Gasteiger partial charge in [0.2, 0.25) is 0 Å². The largest absolute Gasteiger partial charge is 0.275 e. The van der Waals surface area contributed by atoms with Crippen LogP contribution in [0.4, 0.5) is 0 Å². The summed E-state index contributed by atoms with van der Waals surface area (Å²) in [7, 11) is 0. The second-order valence-electron chi connectivity index (χ2n) is 14.6. The van der Waals surface area contributed by atoms with Crippen LogP contribution in [0.25, 0.3) is 0 Å². The summed E-state index contributed by atoms with van der Waals surface area (Å²) in [5.74, 6) is 3.00. The van der Waals surface area contributed by atoms with Gasteiger partial charge < -0.3 is 0 Å². The number of carbonyl (C=O) groups excluding carboxylic acids is 4. The van der Waals surface area contributed by atoms with Gasteiger partial charge in [0.15, 0.2) is 0 Å². The average Bonchev–Trinajstić information content (AvgIpc) is 3.55. The quantitative estimate of drug-likeness (QED) is 0.0698. The van der Waals surface area contributed by atoms with Gasteiger partial charge in [0.1, 0.15) is 0 Å². The molecule has 3 aliphatic rings. The fraction of sp³-hybridized carbons (Fsp3) is 0.800. The van der Waals surface area contributed by atoms with Crippen molar-refractivity contribution in [1.29, 1.82) is 0 Å². The maximum atomic E-state index is 11.8. The van der Waals surface area contributed by atoms with Crippen LogP contribution in [0.1, 0.15) is 168 Å². The van der Waals surface area contributed by atoms with E-state index >= 15 is 0 Å². The van der Waals surface area contributed by atoms with Crippen molar-refractivity contribution in [2.45, 2.75) is 168 Å². The first-order valence-corrected chi connectivity index (χ1v) is 19.5. The number of hydrogen-bond acceptors (Lipinski definition) is 4. The molecule has 0 radical (unpaired) electrons. The SMILES string of the molecule is CCCCCC1CCC(CCCCCCCCN2C(=O)C=CC2=O)C(CCCCCCCCN2C(=O)C=CC2=O)C1CCCCC. The highest BCUT2D eigenvalue weighted by Gasteiger charge is 2.37. The molecule has 0 aromatic carbocycles. The van der Waals surface area contributed by atoms with Gasteiger partial charge in [-0.05, 0) is 62.2 Å². The predicted molar refractivity (Wildman–Crippen MR) is 188 cm³/mol. The third-order valence-electron chi connectivity index (χ3n) is 11.2. The second kappa shape index (κ2) is 22.4. The lowest BCUT2D eigenvalue weighted by Gasteiger charge is -2.44. The predicted octanol–water partition coefficient (Wildman–Crippen LogP) is 9.72. The smallest absolute Gasteiger partial charge is 0.253 e. The van der Waals surface area contributed by atoms with E-state index in [2.05, 4.69) is 13.8 Å². The van der Waals surface area contributed by atoms with Crippen LogP contribution in [0, 0.1) is 23.7 Å². The highest BCUT2D eigenvalue weighted by atomic mass is 16.2. The molecule has 0 bridgehead atoms. The minimum atomic E-state index is -0.156. The molecule has 1 saturated carbocycles. The van der Waals surface area contributed by atoms with Crippen LogP contribution in [0.2, 0.25) is 0 Å². The summed E-state index contributed by atoms with van der Waals surface area (Å²) < 4.78 is 0. The Morgan fingerprint density at radius 3 is 1.13 bits per heavy atom. The molecule has 4 unspecified atom stereocenters. The molecule has 0 aromatic heterocycles. The van der Waals surface area contributed by atoms with E-state index in [1.807, 2.05) is 0 Å². The monoisotopic (exact) mass is 639 g/mol. The van der Waals surface area contributed by atoms with E-state index in [0.29, 0.717) is 13.1 Å². The van der Waals surface area contributed by atoms with Gasteiger partial charge in [0.25, 0.3) is 23.6 Å². The molecule has 4 amide bonds. The molecule has 2 aliphatic heterocycles. The van der Waals surface area contributed by atoms with E-state index in [9.17, 15) is 19.2 Å². The van der Waals surface area contributed by atoms with Crippen molar-refractivity contribution >= 4 is 23.6 Å². The molecule has 0 N–H and O–H groups in total. The molecule has 3 rings (SSSR count). The summed E-state index contributed by atoms with van der Waals surface area (Å²) in [6.07, 6.45) is 36.5. The first-order valence-electron chi connectivity index (χ1n) is 19.5. The third kappa shape index (κ3) is 13.1. The van der Waals surface area contributed by atoms with Gasteiger partial charge in [-0.2, -0.15) is 0 Å². The molecule has 6 nitrogen and oxygen atoms in total. The van der Waals surface area contributed by atoms with Crippen molar-refractivity contribution in [3.63, 3.8) is 0 Å². The minimum Gasteiger partial charge on any atom is -0.275 e. The lowest BCUT2D eigenvalue weighted by atomic mass is 9.61. The molecule has 1 fully saturated rings. The first-order chi connectivity index (χ1) is 22.5. The van der Waals surface area contributed by atoms with Gasteiger partial charge in [0.05, 0.1) is 0 Å². The molecule has 46 heavy (non-hydrogen) atoms. The zero-order chi connectivity index (χ0) is 33.0. The lowest BCUT2D eigenvalue weighted by Crippen LogP contribution is -2.35. The Morgan fingerprint density at radius 1 is 0.435 bits per heavy atom. The van der Waals surface area contributed by atoms with Gasteiger partial charge >= 0.3 is 0 Å². The summed E-state index contributed by atoms with van der Waals surface area (Å²) in [5, 5.41) is 0. The summed E-state index contributed by atoms with van der Waals surface area (Å²) >= 11 is 0. The highest BCUT2D eigenvalue weighted by Crippen LogP contribution is 2.47. The van der Waals surface area contributed by atoms with Gasteiger partial charge in [0, 0.05) is 37.4 Å². The Bertz CT molecular complexity index is 952. The number of nitrogens with zero attached hydrogens (tertiary/aromatic N) is 2. The Morgan fingerprint density at radius 2 is 0.739 bits per heavy atom. The zero-order valence-electron chi connectivity index (χ0n) is 29.5. The average molecular weight is 639 g/mol. The van der Waals surface area contributed by atoms with E-state index in [0.717, 1.165) is 49.4 Å². The molecule has 0 aromatic rings. The van der Waals surface area contributed by atoms with Gasteiger partial charge in [-0.1, -0.05) is 129 Å². The second-order valence-corrected chi connectivity index (χ2v) is 14.6. The van der Waals surface area contributed by atoms with E-state index < -0.39 is 0 Å². The number of amides is 4. The maximum absolute atomic E-state index is 11.8. The van der Waals surface area contributed by atoms with Gasteiger partial charge in [-0.25, -0.2) is 0 Å². The zero-order valence-corrected chi connectivity index (χ0v) is 29.5. The van der Waals surface area contributed by atoms with Gasteiger partial charge in [-0.15, -0.1) is 0 Å². The van der Waals surface area contributed by atoms with E-state index in [4.69, 9.17) is 0 Å². The van der Waals surface area contributed by atoms with Crippen molar-refractivity contribution < 1.29 is 19.2 Å². The fourth-order valence-electron chi connectivity index (χ4n) is 8.50. The molecule has 6 heteroatoms. The Labute approximate surface area is 281 Å². The van der Waals surface area contributed by atoms with E-state index in [1.54, 1.807) is 0 Å². The van der Waals surface area contributed by atoms with E-state index in [1.165, 1.54) is 163 Å². The van der Waals surface area contributed by atoms with Crippen LogP contribution >= 0.6 is 0 Å². The van der Waals surface area contributed by atoms with Crippen LogP contribution in [-0.2, 0) is 19.2 Å². The summed E-state index contributed by atoms with van der Waals surface area (Å²) in [6, 6.07) is 0. The summed E-state index contributed by atoms with van der Waals surface area (Å²) in [6.45, 7) is 5.78. The first kappa shape index (κ1) is 38.2. The van der Waals surface area contributed by atoms with Crippen molar-refractivity contribution in [2.75, 3.05) is 13.1 Å². The maximum Gasteiger partial charge on any atom is 0.253 e. The highest BCUT2D eigenvalue weighted by molar-refractivity contribution is 6.13. The molecule has 4 atom stereocenters. The minimum absolute atomic E-state index is 0.156. The van der Waals surface area contributed by atoms with Crippen molar-refractivity contribution in [1.82, 2.24) is 9.80 Å². The number of unbranched alkanes of at least 4 members (excludes halogenated alkanes) is 14. The van der Waals surface area contributed by atoms with E-state index in [-0.39, 0.29) is 23.6 Å². The van der Waals surface area contributed by atoms with Crippen LogP contribution in [-0.4, -0.2) is 46.5 Å². The van der Waals surface area contributed by atoms with Crippen LogP contribution in [0.15, 0.2) is 24.3 Å². The third-order valence-corrected chi connectivity index (χ3v) is 11.2. The normalized spacial score (nSPS) is 23.1. The van der Waals surface area contributed by atoms with Crippen LogP contribution in [0.5, 0.6) is 0 Å². The number of carbonyl (C=O) groups is 4. The fourth-order valence-corrected chi connectivity index (χ4v) is 8.50. The number of rotatable bonds is 26. The molecule has 260 valence electrons. The molecule has 1 aliphatic carbocycles.